The third kappa shape index (κ3) is 4.03. The van der Waals surface area contributed by atoms with Crippen LogP contribution in [0.5, 0.6) is 0 Å². The van der Waals surface area contributed by atoms with E-state index in [1.165, 1.54) is 31.2 Å². The predicted octanol–water partition coefficient (Wildman–Crippen LogP) is 2.89. The van der Waals surface area contributed by atoms with Gasteiger partial charge in [-0.3, -0.25) is 4.98 Å². The monoisotopic (exact) mass is 275 g/mol. The van der Waals surface area contributed by atoms with Gasteiger partial charge in [0.1, 0.15) is 0 Å². The summed E-state index contributed by atoms with van der Waals surface area (Å²) in [5.41, 5.74) is 1.25. The molecular formula is C15H21N3S. The molecule has 19 heavy (non-hydrogen) atoms. The van der Waals surface area contributed by atoms with Gasteiger partial charge >= 0.3 is 0 Å². The van der Waals surface area contributed by atoms with Gasteiger partial charge in [-0.25, -0.2) is 0 Å². The van der Waals surface area contributed by atoms with Crippen LogP contribution in [0.3, 0.4) is 0 Å². The van der Waals surface area contributed by atoms with E-state index in [2.05, 4.69) is 33.9 Å². The number of aromatic nitrogens is 1. The highest BCUT2D eigenvalue weighted by atomic mass is 32.1. The second-order valence-corrected chi connectivity index (χ2v) is 5.28. The van der Waals surface area contributed by atoms with E-state index in [0.717, 1.165) is 18.2 Å². The zero-order valence-corrected chi connectivity index (χ0v) is 12.0. The van der Waals surface area contributed by atoms with Crippen molar-refractivity contribution in [3.8, 4) is 0 Å². The lowest BCUT2D eigenvalue weighted by atomic mass is 10.2. The Labute approximate surface area is 120 Å². The van der Waals surface area contributed by atoms with Gasteiger partial charge in [-0.15, -0.1) is 6.58 Å². The van der Waals surface area contributed by atoms with Gasteiger partial charge in [0.2, 0.25) is 0 Å². The molecule has 0 radical (unpaired) electrons. The van der Waals surface area contributed by atoms with E-state index in [4.69, 9.17) is 12.2 Å². The van der Waals surface area contributed by atoms with Crippen molar-refractivity contribution in [3.05, 3.63) is 42.7 Å². The van der Waals surface area contributed by atoms with Gasteiger partial charge in [0.05, 0.1) is 0 Å². The largest absolute Gasteiger partial charge is 0.359 e. The lowest BCUT2D eigenvalue weighted by Crippen LogP contribution is -2.44. The second-order valence-electron chi connectivity index (χ2n) is 4.90. The molecule has 102 valence electrons. The van der Waals surface area contributed by atoms with Crippen LogP contribution in [0.25, 0.3) is 0 Å². The molecule has 4 heteroatoms. The summed E-state index contributed by atoms with van der Waals surface area (Å²) in [5.74, 6) is 0. The fourth-order valence-electron chi connectivity index (χ4n) is 2.53. The van der Waals surface area contributed by atoms with E-state index in [0.29, 0.717) is 6.04 Å². The van der Waals surface area contributed by atoms with Gasteiger partial charge in [0.25, 0.3) is 0 Å². The normalized spacial score (nSPS) is 15.2. The third-order valence-electron chi connectivity index (χ3n) is 3.53. The molecule has 0 aromatic carbocycles. The quantitative estimate of drug-likeness (QED) is 0.660. The Morgan fingerprint density at radius 3 is 2.74 bits per heavy atom. The highest BCUT2D eigenvalue weighted by Gasteiger charge is 2.24. The molecule has 1 aromatic rings. The first-order valence-corrected chi connectivity index (χ1v) is 7.26. The lowest BCUT2D eigenvalue weighted by Gasteiger charge is -2.31. The van der Waals surface area contributed by atoms with Crippen molar-refractivity contribution >= 4 is 17.3 Å². The minimum Gasteiger partial charge on any atom is -0.359 e. The fraction of sp³-hybridized carbons (Fsp3) is 0.467. The van der Waals surface area contributed by atoms with E-state index < -0.39 is 0 Å². The van der Waals surface area contributed by atoms with Crippen LogP contribution in [0.1, 0.15) is 31.2 Å². The zero-order chi connectivity index (χ0) is 13.5. The molecule has 2 rings (SSSR count). The molecule has 0 spiro atoms. The standard InChI is InChI=1S/C15H21N3S/c1-2-9-17-15(19)18(14-5-3-4-6-14)12-13-7-10-16-11-8-13/h2,7-8,10-11,14H,1,3-6,9,12H2,(H,17,19). The second kappa shape index (κ2) is 7.24. The molecule has 0 bridgehead atoms. The van der Waals surface area contributed by atoms with Crippen molar-refractivity contribution in [3.63, 3.8) is 0 Å². The highest BCUT2D eigenvalue weighted by molar-refractivity contribution is 7.80. The number of nitrogens with one attached hydrogen (secondary N) is 1. The summed E-state index contributed by atoms with van der Waals surface area (Å²) in [7, 11) is 0. The van der Waals surface area contributed by atoms with Crippen LogP contribution in [0.4, 0.5) is 0 Å². The first kappa shape index (κ1) is 14.0. The van der Waals surface area contributed by atoms with Crippen LogP contribution < -0.4 is 5.32 Å². The van der Waals surface area contributed by atoms with Crippen molar-refractivity contribution in [2.24, 2.45) is 0 Å². The summed E-state index contributed by atoms with van der Waals surface area (Å²) in [5, 5.41) is 4.09. The molecule has 0 saturated heterocycles. The molecule has 1 saturated carbocycles. The SMILES string of the molecule is C=CCNC(=S)N(Cc1ccncc1)C1CCCC1. The fourth-order valence-corrected chi connectivity index (χ4v) is 2.83. The molecule has 1 N–H and O–H groups in total. The average molecular weight is 275 g/mol. The van der Waals surface area contributed by atoms with E-state index >= 15 is 0 Å². The number of thiocarbonyl (C=S) groups is 1. The summed E-state index contributed by atoms with van der Waals surface area (Å²) in [6.45, 7) is 5.30. The first-order valence-electron chi connectivity index (χ1n) is 6.85. The van der Waals surface area contributed by atoms with Gasteiger partial charge in [0, 0.05) is 31.5 Å². The molecular weight excluding hydrogens is 254 g/mol. The van der Waals surface area contributed by atoms with Crippen molar-refractivity contribution in [1.29, 1.82) is 0 Å². The Morgan fingerprint density at radius 1 is 1.42 bits per heavy atom. The third-order valence-corrected chi connectivity index (χ3v) is 3.91. The van der Waals surface area contributed by atoms with Crippen LogP contribution in [0.15, 0.2) is 37.2 Å². The van der Waals surface area contributed by atoms with E-state index in [9.17, 15) is 0 Å². The number of hydrogen-bond donors (Lipinski definition) is 1. The highest BCUT2D eigenvalue weighted by Crippen LogP contribution is 2.25. The van der Waals surface area contributed by atoms with E-state index in [-0.39, 0.29) is 0 Å². The number of rotatable bonds is 5. The van der Waals surface area contributed by atoms with E-state index in [1.807, 2.05) is 18.5 Å². The summed E-state index contributed by atoms with van der Waals surface area (Å²) >= 11 is 5.53. The molecule has 0 atom stereocenters. The summed E-state index contributed by atoms with van der Waals surface area (Å²) in [6, 6.07) is 4.67. The number of nitrogens with zero attached hydrogens (tertiary/aromatic N) is 2. The Kier molecular flexibility index (Phi) is 5.33. The molecule has 0 aliphatic heterocycles. The Morgan fingerprint density at radius 2 is 2.11 bits per heavy atom. The maximum absolute atomic E-state index is 5.53. The minimum atomic E-state index is 0.568. The molecule has 1 aliphatic rings. The predicted molar refractivity (Wildman–Crippen MR) is 82.8 cm³/mol. The average Bonchev–Trinajstić information content (AvgIpc) is 2.97. The van der Waals surface area contributed by atoms with Crippen molar-refractivity contribution in [2.75, 3.05) is 6.54 Å². The van der Waals surface area contributed by atoms with Crippen molar-refractivity contribution in [2.45, 2.75) is 38.3 Å². The van der Waals surface area contributed by atoms with Gasteiger partial charge in [0.15, 0.2) is 5.11 Å². The van der Waals surface area contributed by atoms with Gasteiger partial charge < -0.3 is 10.2 Å². The summed E-state index contributed by atoms with van der Waals surface area (Å²) in [6.07, 6.45) is 10.6. The van der Waals surface area contributed by atoms with Crippen LogP contribution in [0, 0.1) is 0 Å². The van der Waals surface area contributed by atoms with Crippen LogP contribution in [0.2, 0.25) is 0 Å². The maximum atomic E-state index is 5.53. The van der Waals surface area contributed by atoms with E-state index in [1.54, 1.807) is 0 Å². The zero-order valence-electron chi connectivity index (χ0n) is 11.2. The smallest absolute Gasteiger partial charge is 0.169 e. The Bertz CT molecular complexity index is 413. The minimum absolute atomic E-state index is 0.568. The molecule has 0 amide bonds. The Hall–Kier alpha value is -1.42. The first-order chi connectivity index (χ1) is 9.31. The topological polar surface area (TPSA) is 28.2 Å². The molecule has 3 nitrogen and oxygen atoms in total. The molecule has 1 heterocycles. The number of pyridine rings is 1. The van der Waals surface area contributed by atoms with Gasteiger partial charge in [-0.2, -0.15) is 0 Å². The lowest BCUT2D eigenvalue weighted by molar-refractivity contribution is 0.304. The molecule has 0 unspecified atom stereocenters. The molecule has 1 fully saturated rings. The summed E-state index contributed by atoms with van der Waals surface area (Å²) in [4.78, 5) is 6.38. The van der Waals surface area contributed by atoms with Crippen LogP contribution >= 0.6 is 12.2 Å². The van der Waals surface area contributed by atoms with Crippen LogP contribution in [-0.2, 0) is 6.54 Å². The number of hydrogen-bond acceptors (Lipinski definition) is 2. The molecule has 1 aromatic heterocycles. The van der Waals surface area contributed by atoms with Crippen LogP contribution in [-0.4, -0.2) is 27.6 Å². The van der Waals surface area contributed by atoms with Gasteiger partial charge in [-0.1, -0.05) is 18.9 Å². The van der Waals surface area contributed by atoms with Crippen molar-refractivity contribution < 1.29 is 0 Å². The maximum Gasteiger partial charge on any atom is 0.169 e. The summed E-state index contributed by atoms with van der Waals surface area (Å²) < 4.78 is 0. The van der Waals surface area contributed by atoms with Gasteiger partial charge in [-0.05, 0) is 42.8 Å². The Balaban J connectivity index is 2.05. The molecule has 1 aliphatic carbocycles. The van der Waals surface area contributed by atoms with Crippen molar-refractivity contribution in [1.82, 2.24) is 15.2 Å².